The molecule has 0 saturated carbocycles. The average molecular weight is 246 g/mol. The van der Waals surface area contributed by atoms with Gasteiger partial charge in [-0.3, -0.25) is 0 Å². The van der Waals surface area contributed by atoms with Crippen LogP contribution in [0.5, 0.6) is 11.5 Å². The molecule has 2 aromatic carbocycles. The smallest absolute Gasteiger partial charge is 0.138 e. The molecule has 0 spiro atoms. The summed E-state index contributed by atoms with van der Waals surface area (Å²) in [6.07, 6.45) is 0. The fourth-order valence-electron chi connectivity index (χ4n) is 1.33. The van der Waals surface area contributed by atoms with E-state index in [4.69, 9.17) is 21.7 Å². The Morgan fingerprint density at radius 1 is 0.722 bits per heavy atom. The first kappa shape index (κ1) is 13.7. The fourth-order valence-corrected chi connectivity index (χ4v) is 1.33. The van der Waals surface area contributed by atoms with Gasteiger partial charge in [-0.15, -0.1) is 0 Å². The van der Waals surface area contributed by atoms with Gasteiger partial charge in [-0.25, -0.2) is 0 Å². The van der Waals surface area contributed by atoms with Crippen molar-refractivity contribution in [3.63, 3.8) is 0 Å². The highest BCUT2D eigenvalue weighted by Gasteiger charge is 1.93. The minimum atomic E-state index is 0.153. The molecule has 6 N–H and O–H groups in total. The number of nitrogen functional groups attached to an aromatic ring is 2. The summed E-state index contributed by atoms with van der Waals surface area (Å²) in [6, 6.07) is 10.3. The molecule has 0 atom stereocenters. The van der Waals surface area contributed by atoms with Gasteiger partial charge >= 0.3 is 0 Å². The molecule has 0 amide bonds. The van der Waals surface area contributed by atoms with Crippen LogP contribution in [0, 0.1) is 13.8 Å². The molecule has 2 rings (SSSR count). The predicted molar refractivity (Wildman–Crippen MR) is 74.5 cm³/mol. The van der Waals surface area contributed by atoms with E-state index < -0.39 is 0 Å². The highest BCUT2D eigenvalue weighted by atomic mass is 16.3. The van der Waals surface area contributed by atoms with Crippen LogP contribution < -0.4 is 11.5 Å². The van der Waals surface area contributed by atoms with Gasteiger partial charge in [0.15, 0.2) is 0 Å². The van der Waals surface area contributed by atoms with Crippen LogP contribution in [-0.2, 0) is 0 Å². The number of phenols is 2. The number of phenolic OH excluding ortho intramolecular Hbond substituents is 2. The number of hydrogen-bond acceptors (Lipinski definition) is 4. The van der Waals surface area contributed by atoms with Gasteiger partial charge in [-0.2, -0.15) is 0 Å². The molecule has 0 unspecified atom stereocenters. The summed E-state index contributed by atoms with van der Waals surface area (Å²) in [7, 11) is 0. The monoisotopic (exact) mass is 246 g/mol. The number of rotatable bonds is 0. The zero-order chi connectivity index (χ0) is 13.7. The van der Waals surface area contributed by atoms with Crippen LogP contribution in [0.1, 0.15) is 11.1 Å². The van der Waals surface area contributed by atoms with Crippen molar-refractivity contribution in [2.45, 2.75) is 13.8 Å². The summed E-state index contributed by atoms with van der Waals surface area (Å²) in [5.41, 5.74) is 13.7. The van der Waals surface area contributed by atoms with Gasteiger partial charge in [0, 0.05) is 0 Å². The average Bonchev–Trinajstić information content (AvgIpc) is 2.30. The zero-order valence-electron chi connectivity index (χ0n) is 10.5. The molecule has 0 radical (unpaired) electrons. The Morgan fingerprint density at radius 2 is 1.28 bits per heavy atom. The minimum Gasteiger partial charge on any atom is -0.506 e. The van der Waals surface area contributed by atoms with E-state index in [0.717, 1.165) is 11.1 Å². The molecule has 2 aromatic rings. The number of aryl methyl sites for hydroxylation is 2. The van der Waals surface area contributed by atoms with Crippen LogP contribution in [0.4, 0.5) is 11.4 Å². The van der Waals surface area contributed by atoms with Crippen LogP contribution in [0.2, 0.25) is 0 Å². The maximum atomic E-state index is 8.98. The third-order valence-electron chi connectivity index (χ3n) is 2.37. The lowest BCUT2D eigenvalue weighted by Gasteiger charge is -1.97. The lowest BCUT2D eigenvalue weighted by atomic mass is 10.2. The van der Waals surface area contributed by atoms with E-state index in [9.17, 15) is 0 Å². The summed E-state index contributed by atoms with van der Waals surface area (Å²) < 4.78 is 0. The Kier molecular flexibility index (Phi) is 4.43. The molecule has 0 bridgehead atoms. The third-order valence-corrected chi connectivity index (χ3v) is 2.37. The van der Waals surface area contributed by atoms with Crippen molar-refractivity contribution in [1.29, 1.82) is 0 Å². The Morgan fingerprint density at radius 3 is 1.72 bits per heavy atom. The standard InChI is InChI=1S/2C7H9NO/c1-5-2-3-7(9)6(8)4-5;1-5-2-3-6(8)7(9)4-5/h2*2-4,9H,8H2,1H3. The SMILES string of the molecule is Cc1ccc(N)c(O)c1.Cc1ccc(O)c(N)c1. The molecule has 0 aliphatic rings. The van der Waals surface area contributed by atoms with E-state index in [-0.39, 0.29) is 11.5 Å². The van der Waals surface area contributed by atoms with Crippen LogP contribution >= 0.6 is 0 Å². The van der Waals surface area contributed by atoms with Gasteiger partial charge in [0.05, 0.1) is 11.4 Å². The molecular weight excluding hydrogens is 228 g/mol. The van der Waals surface area contributed by atoms with Crippen LogP contribution in [0.3, 0.4) is 0 Å². The molecule has 0 aliphatic carbocycles. The number of aromatic hydroxyl groups is 2. The van der Waals surface area contributed by atoms with Crippen LogP contribution in [0.15, 0.2) is 36.4 Å². The lowest BCUT2D eigenvalue weighted by molar-refractivity contribution is 0.477. The maximum absolute atomic E-state index is 8.98. The fraction of sp³-hybridized carbons (Fsp3) is 0.143. The van der Waals surface area contributed by atoms with Crippen molar-refractivity contribution in [2.24, 2.45) is 0 Å². The van der Waals surface area contributed by atoms with E-state index >= 15 is 0 Å². The van der Waals surface area contributed by atoms with Crippen molar-refractivity contribution in [3.05, 3.63) is 47.5 Å². The van der Waals surface area contributed by atoms with Crippen molar-refractivity contribution in [1.82, 2.24) is 0 Å². The number of nitrogens with two attached hydrogens (primary N) is 2. The minimum absolute atomic E-state index is 0.153. The summed E-state index contributed by atoms with van der Waals surface area (Å²) in [6.45, 7) is 3.83. The Bertz CT molecular complexity index is 490. The van der Waals surface area contributed by atoms with Crippen LogP contribution in [-0.4, -0.2) is 10.2 Å². The quantitative estimate of drug-likeness (QED) is 0.424. The van der Waals surface area contributed by atoms with Gasteiger partial charge in [-0.05, 0) is 49.2 Å². The molecule has 18 heavy (non-hydrogen) atoms. The normalized spacial score (nSPS) is 9.44. The van der Waals surface area contributed by atoms with Gasteiger partial charge in [0.25, 0.3) is 0 Å². The van der Waals surface area contributed by atoms with Gasteiger partial charge < -0.3 is 21.7 Å². The molecule has 0 saturated heterocycles. The van der Waals surface area contributed by atoms with E-state index in [1.54, 1.807) is 24.3 Å². The van der Waals surface area contributed by atoms with Crippen molar-refractivity contribution in [2.75, 3.05) is 11.5 Å². The van der Waals surface area contributed by atoms with Crippen molar-refractivity contribution < 1.29 is 10.2 Å². The first-order valence-corrected chi connectivity index (χ1v) is 5.50. The van der Waals surface area contributed by atoms with Crippen molar-refractivity contribution >= 4 is 11.4 Å². The van der Waals surface area contributed by atoms with E-state index in [0.29, 0.717) is 11.4 Å². The van der Waals surface area contributed by atoms with E-state index in [1.165, 1.54) is 0 Å². The highest BCUT2D eigenvalue weighted by Crippen LogP contribution is 2.20. The highest BCUT2D eigenvalue weighted by molar-refractivity contribution is 5.53. The topological polar surface area (TPSA) is 92.5 Å². The van der Waals surface area contributed by atoms with Gasteiger partial charge in [0.1, 0.15) is 11.5 Å². The molecule has 96 valence electrons. The van der Waals surface area contributed by atoms with Crippen LogP contribution in [0.25, 0.3) is 0 Å². The Balaban J connectivity index is 0.000000180. The molecule has 0 aliphatic heterocycles. The number of benzene rings is 2. The summed E-state index contributed by atoms with van der Waals surface area (Å²) in [5, 5.41) is 17.9. The third kappa shape index (κ3) is 3.90. The maximum Gasteiger partial charge on any atom is 0.138 e. The van der Waals surface area contributed by atoms with Crippen molar-refractivity contribution in [3.8, 4) is 11.5 Å². The molecule has 0 heterocycles. The van der Waals surface area contributed by atoms with Gasteiger partial charge in [-0.1, -0.05) is 12.1 Å². The summed E-state index contributed by atoms with van der Waals surface area (Å²) >= 11 is 0. The second-order valence-corrected chi connectivity index (χ2v) is 4.12. The lowest BCUT2D eigenvalue weighted by Crippen LogP contribution is -1.85. The van der Waals surface area contributed by atoms with E-state index in [2.05, 4.69) is 0 Å². The zero-order valence-corrected chi connectivity index (χ0v) is 10.5. The first-order valence-electron chi connectivity index (χ1n) is 5.50. The first-order chi connectivity index (χ1) is 8.40. The summed E-state index contributed by atoms with van der Waals surface area (Å²) in [5.74, 6) is 0.315. The van der Waals surface area contributed by atoms with E-state index in [1.807, 2.05) is 26.0 Å². The molecule has 0 fully saturated rings. The molecule has 0 aromatic heterocycles. The number of anilines is 2. The predicted octanol–water partition coefficient (Wildman–Crippen LogP) is 2.57. The second kappa shape index (κ2) is 5.82. The molecule has 4 heteroatoms. The second-order valence-electron chi connectivity index (χ2n) is 4.12. The largest absolute Gasteiger partial charge is 0.506 e. The molecular formula is C14H18N2O2. The summed E-state index contributed by atoms with van der Waals surface area (Å²) in [4.78, 5) is 0. The number of hydrogen-bond donors (Lipinski definition) is 4. The Hall–Kier alpha value is -2.36. The Labute approximate surface area is 106 Å². The molecule has 4 nitrogen and oxygen atoms in total. The van der Waals surface area contributed by atoms with Gasteiger partial charge in [0.2, 0.25) is 0 Å².